The molecule has 2 aromatic carbocycles. The van der Waals surface area contributed by atoms with Gasteiger partial charge in [0, 0.05) is 6.70 Å². The highest BCUT2D eigenvalue weighted by Crippen LogP contribution is 2.25. The maximum atomic E-state index is 12.2. The fourth-order valence-corrected chi connectivity index (χ4v) is 2.57. The molecular weight excluding hydrogens is 344 g/mol. The van der Waals surface area contributed by atoms with E-state index in [0.717, 1.165) is 34.7 Å². The van der Waals surface area contributed by atoms with Crippen LogP contribution in [-0.4, -0.2) is 25.0 Å². The molecule has 0 heterocycles. The van der Waals surface area contributed by atoms with E-state index in [1.165, 1.54) is 0 Å². The Morgan fingerprint density at radius 1 is 1.23 bits per heavy atom. The van der Waals surface area contributed by atoms with Crippen LogP contribution in [0.5, 0.6) is 5.75 Å². The minimum Gasteiger partial charge on any atom is -0.497 e. The summed E-state index contributed by atoms with van der Waals surface area (Å²) in [7, 11) is 1.63. The predicted molar refractivity (Wildman–Crippen MR) is 92.9 cm³/mol. The number of esters is 1. The van der Waals surface area contributed by atoms with E-state index in [-0.39, 0.29) is 0 Å². The number of hydrogen-bond donors (Lipinski definition) is 0. The summed E-state index contributed by atoms with van der Waals surface area (Å²) in [6, 6.07) is 11.3. The van der Waals surface area contributed by atoms with E-state index >= 15 is 0 Å². The lowest BCUT2D eigenvalue weighted by Crippen LogP contribution is -2.14. The zero-order chi connectivity index (χ0) is 16.9. The molecular formula is C18H21BrO3. The van der Waals surface area contributed by atoms with Crippen LogP contribution in [-0.2, 0) is 9.53 Å². The highest BCUT2D eigenvalue weighted by atomic mass is 79.9. The smallest absolute Gasteiger partial charge is 0.313 e. The van der Waals surface area contributed by atoms with Gasteiger partial charge in [-0.2, -0.15) is 0 Å². The van der Waals surface area contributed by atoms with Crippen molar-refractivity contribution in [1.82, 2.24) is 0 Å². The maximum Gasteiger partial charge on any atom is 0.313 e. The number of carbonyl (C=O) groups excluding carboxylic acids is 1. The fraction of sp³-hybridized carbons (Fsp3) is 0.389. The van der Waals surface area contributed by atoms with Crippen molar-refractivity contribution in [2.24, 2.45) is 0 Å². The van der Waals surface area contributed by atoms with Gasteiger partial charge in [-0.25, -0.2) is 0 Å². The Morgan fingerprint density at radius 3 is 2.68 bits per heavy atom. The van der Waals surface area contributed by atoms with Crippen LogP contribution in [0.15, 0.2) is 36.4 Å². The first kappa shape index (κ1) is 15.3. The first-order valence-corrected chi connectivity index (χ1v) is 8.42. The van der Waals surface area contributed by atoms with Crippen LogP contribution in [0.2, 0.25) is 0 Å². The summed E-state index contributed by atoms with van der Waals surface area (Å²) < 4.78 is 18.9. The van der Waals surface area contributed by atoms with E-state index in [0.29, 0.717) is 12.2 Å². The third kappa shape index (κ3) is 4.23. The molecule has 0 aliphatic heterocycles. The number of methoxy groups -OCH3 is 1. The van der Waals surface area contributed by atoms with Crippen LogP contribution >= 0.6 is 15.9 Å². The molecule has 3 nitrogen and oxygen atoms in total. The summed E-state index contributed by atoms with van der Waals surface area (Å²) >= 11 is 3.34. The number of ether oxygens (including phenoxy) is 2. The molecule has 0 amide bonds. The topological polar surface area (TPSA) is 35.5 Å². The van der Waals surface area contributed by atoms with Crippen molar-refractivity contribution in [2.45, 2.75) is 25.7 Å². The Bertz CT molecular complexity index is 685. The summed E-state index contributed by atoms with van der Waals surface area (Å²) in [4.78, 5) is 12.2. The van der Waals surface area contributed by atoms with E-state index in [1.54, 1.807) is 20.1 Å². The SMILES string of the molecule is [2H][C@@](C)(C(=O)OCCCCBr)c1ccc2cc(OC)ccc2c1. The molecule has 0 unspecified atom stereocenters. The number of alkyl halides is 1. The van der Waals surface area contributed by atoms with E-state index in [9.17, 15) is 4.79 Å². The van der Waals surface area contributed by atoms with Crippen molar-refractivity contribution < 1.29 is 15.6 Å². The van der Waals surface area contributed by atoms with Gasteiger partial charge in [0.2, 0.25) is 0 Å². The van der Waals surface area contributed by atoms with Crippen LogP contribution in [0.4, 0.5) is 0 Å². The molecule has 0 saturated heterocycles. The predicted octanol–water partition coefficient (Wildman–Crippen LogP) is 4.67. The van der Waals surface area contributed by atoms with Gasteiger partial charge < -0.3 is 9.47 Å². The van der Waals surface area contributed by atoms with Crippen molar-refractivity contribution in [1.29, 1.82) is 0 Å². The van der Waals surface area contributed by atoms with E-state index < -0.39 is 11.9 Å². The lowest BCUT2D eigenvalue weighted by molar-refractivity contribution is -0.145. The second-order valence-corrected chi connectivity index (χ2v) is 5.88. The molecule has 0 N–H and O–H groups in total. The molecule has 0 radical (unpaired) electrons. The maximum absolute atomic E-state index is 12.2. The molecule has 0 fully saturated rings. The molecule has 118 valence electrons. The van der Waals surface area contributed by atoms with Crippen LogP contribution in [0.3, 0.4) is 0 Å². The lowest BCUT2D eigenvalue weighted by Gasteiger charge is -2.13. The second kappa shape index (κ2) is 8.18. The molecule has 0 spiro atoms. The molecule has 2 rings (SSSR count). The minimum atomic E-state index is -1.41. The van der Waals surface area contributed by atoms with Gasteiger partial charge >= 0.3 is 5.97 Å². The first-order valence-electron chi connectivity index (χ1n) is 7.80. The highest BCUT2D eigenvalue weighted by molar-refractivity contribution is 9.09. The monoisotopic (exact) mass is 365 g/mol. The van der Waals surface area contributed by atoms with E-state index in [4.69, 9.17) is 10.8 Å². The molecule has 0 aliphatic rings. The fourth-order valence-electron chi connectivity index (χ4n) is 2.17. The van der Waals surface area contributed by atoms with Crippen molar-refractivity contribution >= 4 is 32.7 Å². The summed E-state index contributed by atoms with van der Waals surface area (Å²) in [5, 5.41) is 2.86. The van der Waals surface area contributed by atoms with Gasteiger partial charge in [0.15, 0.2) is 0 Å². The van der Waals surface area contributed by atoms with Gasteiger partial charge in [-0.15, -0.1) is 0 Å². The van der Waals surface area contributed by atoms with Crippen molar-refractivity contribution in [3.63, 3.8) is 0 Å². The van der Waals surface area contributed by atoms with Gasteiger partial charge in [0.25, 0.3) is 0 Å². The van der Waals surface area contributed by atoms with Crippen LogP contribution in [0.25, 0.3) is 10.8 Å². The standard InChI is InChI=1S/C18H21BrO3/c1-13(18(20)22-10-4-3-9-19)14-5-6-16-12-17(21-2)8-7-15(16)11-14/h5-8,11-13H,3-4,9-10H2,1-2H3/t13-/m0/s1/i13D. The first-order chi connectivity index (χ1) is 11.0. The number of rotatable bonds is 7. The average molecular weight is 366 g/mol. The van der Waals surface area contributed by atoms with Crippen molar-refractivity contribution in [2.75, 3.05) is 19.0 Å². The number of fused-ring (bicyclic) bond motifs is 1. The molecule has 4 heteroatoms. The van der Waals surface area contributed by atoms with Crippen LogP contribution in [0, 0.1) is 0 Å². The van der Waals surface area contributed by atoms with Crippen LogP contribution < -0.4 is 4.74 Å². The molecule has 0 aromatic heterocycles. The summed E-state index contributed by atoms with van der Waals surface area (Å²) in [6.45, 7) is 1.92. The second-order valence-electron chi connectivity index (χ2n) is 5.08. The summed E-state index contributed by atoms with van der Waals surface area (Å²) in [5.74, 6) is -1.15. The highest BCUT2D eigenvalue weighted by Gasteiger charge is 2.17. The van der Waals surface area contributed by atoms with Gasteiger partial charge in [-0.1, -0.05) is 40.2 Å². The average Bonchev–Trinajstić information content (AvgIpc) is 2.57. The number of benzene rings is 2. The van der Waals surface area contributed by atoms with E-state index in [2.05, 4.69) is 15.9 Å². The molecule has 0 bridgehead atoms. The third-order valence-corrected chi connectivity index (χ3v) is 4.11. The normalized spacial score (nSPS) is 14.2. The molecule has 0 saturated carbocycles. The van der Waals surface area contributed by atoms with Gasteiger partial charge in [0.1, 0.15) is 5.75 Å². The zero-order valence-corrected chi connectivity index (χ0v) is 14.5. The quantitative estimate of drug-likeness (QED) is 0.406. The largest absolute Gasteiger partial charge is 0.497 e. The molecule has 2 aromatic rings. The Labute approximate surface area is 141 Å². The van der Waals surface area contributed by atoms with Crippen LogP contribution in [0.1, 0.15) is 32.6 Å². The van der Waals surface area contributed by atoms with Gasteiger partial charge in [-0.3, -0.25) is 4.79 Å². The summed E-state index contributed by atoms with van der Waals surface area (Å²) in [6.07, 6.45) is 1.74. The number of unbranched alkanes of at least 4 members (excludes halogenated alkanes) is 1. The summed E-state index contributed by atoms with van der Waals surface area (Å²) in [5.41, 5.74) is 0.626. The van der Waals surface area contributed by atoms with Gasteiger partial charge in [0.05, 0.1) is 19.6 Å². The Hall–Kier alpha value is -1.55. The molecule has 1 atom stereocenters. The minimum absolute atomic E-state index is 0.351. The van der Waals surface area contributed by atoms with Crippen molar-refractivity contribution in [3.8, 4) is 5.75 Å². The Balaban J connectivity index is 2.18. The zero-order valence-electron chi connectivity index (χ0n) is 13.9. The van der Waals surface area contributed by atoms with E-state index in [1.807, 2.05) is 30.3 Å². The van der Waals surface area contributed by atoms with Gasteiger partial charge in [-0.05, 0) is 48.2 Å². The molecule has 0 aliphatic carbocycles. The Morgan fingerprint density at radius 2 is 1.95 bits per heavy atom. The third-order valence-electron chi connectivity index (χ3n) is 3.55. The lowest BCUT2D eigenvalue weighted by atomic mass is 9.98. The number of hydrogen-bond acceptors (Lipinski definition) is 3. The molecule has 22 heavy (non-hydrogen) atoms. The number of carbonyl (C=O) groups is 1. The number of halogens is 1. The Kier molecular flexibility index (Phi) is 5.71. The van der Waals surface area contributed by atoms with Crippen molar-refractivity contribution in [3.05, 3.63) is 42.0 Å².